The van der Waals surface area contributed by atoms with E-state index in [9.17, 15) is 5.11 Å². The Bertz CT molecular complexity index is 712. The highest BCUT2D eigenvalue weighted by Crippen LogP contribution is 2.17. The Kier molecular flexibility index (Phi) is 8.24. The van der Waals surface area contributed by atoms with Crippen molar-refractivity contribution in [3.8, 4) is 5.75 Å². The van der Waals surface area contributed by atoms with E-state index >= 15 is 0 Å². The van der Waals surface area contributed by atoms with Crippen LogP contribution in [0.4, 0.5) is 0 Å². The fourth-order valence-electron chi connectivity index (χ4n) is 3.15. The molecule has 2 aromatic rings. The van der Waals surface area contributed by atoms with Crippen LogP contribution in [0.3, 0.4) is 0 Å². The van der Waals surface area contributed by atoms with Gasteiger partial charge >= 0.3 is 0 Å². The van der Waals surface area contributed by atoms with Gasteiger partial charge in [-0.25, -0.2) is 4.98 Å². The fourth-order valence-corrected chi connectivity index (χ4v) is 4.08. The Morgan fingerprint density at radius 1 is 1.32 bits per heavy atom. The summed E-state index contributed by atoms with van der Waals surface area (Å²) in [4.78, 5) is 8.09. The smallest absolute Gasteiger partial charge is 0.119 e. The highest BCUT2D eigenvalue weighted by Gasteiger charge is 2.15. The number of hydrogen-bond donors (Lipinski definition) is 2. The summed E-state index contributed by atoms with van der Waals surface area (Å²) in [7, 11) is 0. The summed E-state index contributed by atoms with van der Waals surface area (Å²) in [5, 5.41) is 14.9. The Balaban J connectivity index is 1.37. The molecule has 1 fully saturated rings. The third kappa shape index (κ3) is 6.83. The van der Waals surface area contributed by atoms with E-state index in [1.165, 1.54) is 15.4 Å². The predicted molar refractivity (Wildman–Crippen MR) is 112 cm³/mol. The number of nitrogens with zero attached hydrogens (tertiary/aromatic N) is 2. The van der Waals surface area contributed by atoms with Crippen LogP contribution in [0.1, 0.15) is 21.1 Å². The van der Waals surface area contributed by atoms with Crippen LogP contribution >= 0.6 is 11.3 Å². The maximum Gasteiger partial charge on any atom is 0.119 e. The molecule has 0 saturated carbocycles. The highest BCUT2D eigenvalue weighted by molar-refractivity contribution is 7.11. The van der Waals surface area contributed by atoms with Crippen LogP contribution < -0.4 is 10.1 Å². The number of benzene rings is 1. The summed E-state index contributed by atoms with van der Waals surface area (Å²) in [6, 6.07) is 8.05. The molecule has 1 saturated heterocycles. The summed E-state index contributed by atoms with van der Waals surface area (Å²) in [6.45, 7) is 10.0. The summed E-state index contributed by atoms with van der Waals surface area (Å²) < 4.78 is 11.1. The maximum atomic E-state index is 10.2. The zero-order valence-corrected chi connectivity index (χ0v) is 17.6. The van der Waals surface area contributed by atoms with Crippen LogP contribution in [0, 0.1) is 13.8 Å². The lowest BCUT2D eigenvalue weighted by molar-refractivity contribution is 0.00465. The number of hydrogen-bond acceptors (Lipinski definition) is 7. The maximum absolute atomic E-state index is 10.2. The number of rotatable bonds is 10. The average molecular weight is 406 g/mol. The van der Waals surface area contributed by atoms with E-state index < -0.39 is 6.10 Å². The van der Waals surface area contributed by atoms with E-state index in [4.69, 9.17) is 9.47 Å². The molecule has 0 radical (unpaired) electrons. The molecule has 6 nitrogen and oxygen atoms in total. The van der Waals surface area contributed by atoms with E-state index in [2.05, 4.69) is 35.1 Å². The van der Waals surface area contributed by atoms with Crippen LogP contribution in [-0.2, 0) is 17.7 Å². The van der Waals surface area contributed by atoms with Gasteiger partial charge in [0.15, 0.2) is 0 Å². The first kappa shape index (κ1) is 21.2. The van der Waals surface area contributed by atoms with Gasteiger partial charge in [0.05, 0.1) is 23.9 Å². The number of β-amino-alcohol motifs (C(OH)–C–C–N with tert-alkyl or cyclic N) is 1. The molecule has 1 aliphatic heterocycles. The Morgan fingerprint density at radius 2 is 2.14 bits per heavy atom. The number of morpholine rings is 1. The molecule has 7 heteroatoms. The van der Waals surface area contributed by atoms with Gasteiger partial charge in [-0.15, -0.1) is 11.3 Å². The summed E-state index contributed by atoms with van der Waals surface area (Å²) in [6.07, 6.45) is 0.452. The van der Waals surface area contributed by atoms with Gasteiger partial charge < -0.3 is 19.9 Å². The number of thiazole rings is 1. The predicted octanol–water partition coefficient (Wildman–Crippen LogP) is 2.16. The van der Waals surface area contributed by atoms with E-state index in [0.717, 1.165) is 57.3 Å². The van der Waals surface area contributed by atoms with Crippen LogP contribution in [0.15, 0.2) is 24.3 Å². The molecule has 1 aromatic carbocycles. The SMILES string of the molecule is Cc1nc(CCNCc2cccc(OCC(O)CN3CCOCC3)c2)sc1C. The van der Waals surface area contributed by atoms with Crippen molar-refractivity contribution in [2.24, 2.45) is 0 Å². The molecule has 1 atom stereocenters. The molecular weight excluding hydrogens is 374 g/mol. The lowest BCUT2D eigenvalue weighted by Crippen LogP contribution is -2.42. The second kappa shape index (κ2) is 10.9. The van der Waals surface area contributed by atoms with Crippen molar-refractivity contribution >= 4 is 11.3 Å². The van der Waals surface area contributed by atoms with Crippen LogP contribution in [0.5, 0.6) is 5.75 Å². The molecule has 1 unspecified atom stereocenters. The van der Waals surface area contributed by atoms with Crippen molar-refractivity contribution < 1.29 is 14.6 Å². The molecule has 0 spiro atoms. The van der Waals surface area contributed by atoms with Crippen LogP contribution in [-0.4, -0.2) is 67.1 Å². The molecule has 0 aliphatic carbocycles. The standard InChI is InChI=1S/C21H31N3O3S/c1-16-17(2)28-21(23-16)6-7-22-13-18-4-3-5-20(12-18)27-15-19(25)14-24-8-10-26-11-9-24/h3-5,12,19,22,25H,6-11,13-15H2,1-2H3. The van der Waals surface area contributed by atoms with Crippen LogP contribution in [0.25, 0.3) is 0 Å². The van der Waals surface area contributed by atoms with Gasteiger partial charge in [0, 0.05) is 44.0 Å². The topological polar surface area (TPSA) is 66.9 Å². The van der Waals surface area contributed by atoms with Gasteiger partial charge in [-0.1, -0.05) is 12.1 Å². The number of aliphatic hydroxyl groups is 1. The Morgan fingerprint density at radius 3 is 2.89 bits per heavy atom. The molecule has 2 heterocycles. The van der Waals surface area contributed by atoms with Crippen molar-refractivity contribution in [1.29, 1.82) is 0 Å². The van der Waals surface area contributed by atoms with Crippen molar-refractivity contribution in [3.05, 3.63) is 45.4 Å². The van der Waals surface area contributed by atoms with Crippen molar-refractivity contribution in [2.75, 3.05) is 46.0 Å². The minimum atomic E-state index is -0.495. The number of aliphatic hydroxyl groups excluding tert-OH is 1. The van der Waals surface area contributed by atoms with E-state index in [1.807, 2.05) is 18.2 Å². The van der Waals surface area contributed by atoms with Gasteiger partial charge in [-0.2, -0.15) is 0 Å². The largest absolute Gasteiger partial charge is 0.491 e. The molecule has 1 aliphatic rings. The number of aryl methyl sites for hydroxylation is 2. The van der Waals surface area contributed by atoms with Crippen LogP contribution in [0.2, 0.25) is 0 Å². The van der Waals surface area contributed by atoms with Gasteiger partial charge in [0.25, 0.3) is 0 Å². The molecule has 28 heavy (non-hydrogen) atoms. The molecule has 3 rings (SSSR count). The van der Waals surface area contributed by atoms with Gasteiger partial charge in [0.1, 0.15) is 18.5 Å². The zero-order valence-electron chi connectivity index (χ0n) is 16.8. The highest BCUT2D eigenvalue weighted by atomic mass is 32.1. The van der Waals surface area contributed by atoms with Crippen molar-refractivity contribution in [2.45, 2.75) is 32.9 Å². The quantitative estimate of drug-likeness (QED) is 0.591. The second-order valence-electron chi connectivity index (χ2n) is 7.20. The first-order chi connectivity index (χ1) is 13.6. The Hall–Kier alpha value is -1.51. The van der Waals surface area contributed by atoms with Crippen molar-refractivity contribution in [1.82, 2.24) is 15.2 Å². The van der Waals surface area contributed by atoms with Gasteiger partial charge in [-0.3, -0.25) is 4.90 Å². The molecule has 1 aromatic heterocycles. The Labute approximate surface area is 171 Å². The van der Waals surface area contributed by atoms with E-state index in [1.54, 1.807) is 11.3 Å². The van der Waals surface area contributed by atoms with Crippen molar-refractivity contribution in [3.63, 3.8) is 0 Å². The van der Waals surface area contributed by atoms with Gasteiger partial charge in [-0.05, 0) is 31.5 Å². The molecule has 154 valence electrons. The summed E-state index contributed by atoms with van der Waals surface area (Å²) >= 11 is 1.78. The minimum absolute atomic E-state index is 0.303. The lowest BCUT2D eigenvalue weighted by atomic mass is 10.2. The number of nitrogens with one attached hydrogen (secondary N) is 1. The molecular formula is C21H31N3O3S. The van der Waals surface area contributed by atoms with E-state index in [-0.39, 0.29) is 0 Å². The number of ether oxygens (including phenoxy) is 2. The summed E-state index contributed by atoms with van der Waals surface area (Å²) in [5.74, 6) is 0.798. The van der Waals surface area contributed by atoms with E-state index in [0.29, 0.717) is 13.2 Å². The first-order valence-electron chi connectivity index (χ1n) is 9.93. The average Bonchev–Trinajstić information content (AvgIpc) is 3.02. The monoisotopic (exact) mass is 405 g/mol. The second-order valence-corrected chi connectivity index (χ2v) is 8.49. The normalized spacial score (nSPS) is 16.2. The lowest BCUT2D eigenvalue weighted by Gasteiger charge is -2.28. The van der Waals surface area contributed by atoms with Gasteiger partial charge in [0.2, 0.25) is 0 Å². The molecule has 0 amide bonds. The minimum Gasteiger partial charge on any atom is -0.491 e. The first-order valence-corrected chi connectivity index (χ1v) is 10.8. The third-order valence-electron chi connectivity index (χ3n) is 4.83. The molecule has 0 bridgehead atoms. The fraction of sp³-hybridized carbons (Fsp3) is 0.571. The third-order valence-corrected chi connectivity index (χ3v) is 5.96. The zero-order chi connectivity index (χ0) is 19.8. The summed E-state index contributed by atoms with van der Waals surface area (Å²) in [5.41, 5.74) is 2.31. The molecule has 2 N–H and O–H groups in total. The number of aromatic nitrogens is 1.